The molecule has 0 nitrogen and oxygen atoms in total. The van der Waals surface area contributed by atoms with Crippen molar-refractivity contribution in [2.45, 2.75) is 19.8 Å². The Hall–Kier alpha value is -3.24. The van der Waals surface area contributed by atoms with Crippen LogP contribution in [0.5, 0.6) is 0 Å². The Morgan fingerprint density at radius 3 is 1.28 bits per heavy atom. The van der Waals surface area contributed by atoms with E-state index in [1.165, 1.54) is 59.1 Å². The first-order chi connectivity index (χ1) is 17.7. The van der Waals surface area contributed by atoms with Crippen molar-refractivity contribution in [1.82, 2.24) is 0 Å². The molecule has 0 fully saturated rings. The summed E-state index contributed by atoms with van der Waals surface area (Å²) in [6.07, 6.45) is 0. The maximum absolute atomic E-state index is 2.35. The third-order valence-electron chi connectivity index (χ3n) is 6.82. The molecule has 0 atom stereocenters. The van der Waals surface area contributed by atoms with Gasteiger partial charge in [0.25, 0.3) is 0 Å². The number of benzene rings is 3. The first-order valence-corrected chi connectivity index (χ1v) is 14.7. The lowest BCUT2D eigenvalue weighted by molar-refractivity contribution is 0.950. The van der Waals surface area contributed by atoms with Crippen LogP contribution < -0.4 is 0 Å². The lowest BCUT2D eigenvalue weighted by Crippen LogP contribution is -2.07. The second-order valence-electron chi connectivity index (χ2n) is 9.13. The molecule has 0 spiro atoms. The van der Waals surface area contributed by atoms with E-state index in [0.717, 1.165) is 0 Å². The minimum absolute atomic E-state index is 0.178. The predicted molar refractivity (Wildman–Crippen MR) is 160 cm³/mol. The summed E-state index contributed by atoms with van der Waals surface area (Å²) in [4.78, 5) is 3.95. The molecule has 0 aliphatic carbocycles. The number of aryl methyl sites for hydroxylation is 2. The molecule has 0 aliphatic rings. The maximum Gasteiger partial charge on any atom is 0.0345 e. The van der Waals surface area contributed by atoms with E-state index in [9.17, 15) is 0 Å². The van der Waals surface area contributed by atoms with Crippen LogP contribution in [-0.2, 0) is 0 Å². The van der Waals surface area contributed by atoms with Gasteiger partial charge in [-0.2, -0.15) is 0 Å². The van der Waals surface area contributed by atoms with Crippen LogP contribution in [0, 0.1) is 13.8 Å². The molecule has 0 bridgehead atoms. The molecule has 3 heterocycles. The molecule has 0 radical (unpaired) electrons. The summed E-state index contributed by atoms with van der Waals surface area (Å²) in [6, 6.07) is 36.1. The fourth-order valence-corrected chi connectivity index (χ4v) is 7.18. The van der Waals surface area contributed by atoms with Crippen molar-refractivity contribution in [3.05, 3.63) is 141 Å². The van der Waals surface area contributed by atoms with Crippen molar-refractivity contribution >= 4 is 34.0 Å². The molecule has 0 aliphatic heterocycles. The van der Waals surface area contributed by atoms with Crippen LogP contribution in [0.25, 0.3) is 31.3 Å². The number of hydrogen-bond acceptors (Lipinski definition) is 3. The van der Waals surface area contributed by atoms with E-state index >= 15 is 0 Å². The average Bonchev–Trinajstić information content (AvgIpc) is 3.70. The zero-order valence-electron chi connectivity index (χ0n) is 20.3. The summed E-state index contributed by atoms with van der Waals surface area (Å²) in [5, 5.41) is 6.44. The standard InChI is InChI=1S/C33H26S3/c1-22-20-26(31-7-4-18-35-31)13-15-28(22)33(25-11-9-24(10-12-25)30-6-3-17-34-30)29-16-14-27(21-23(29)2)32-8-5-19-36-32/h3-21,33H,1-2H3. The zero-order chi connectivity index (χ0) is 24.5. The molecule has 3 aromatic heterocycles. The van der Waals surface area contributed by atoms with Crippen molar-refractivity contribution in [2.24, 2.45) is 0 Å². The summed E-state index contributed by atoms with van der Waals surface area (Å²) >= 11 is 5.38. The monoisotopic (exact) mass is 518 g/mol. The van der Waals surface area contributed by atoms with Gasteiger partial charge in [0, 0.05) is 20.5 Å². The van der Waals surface area contributed by atoms with Gasteiger partial charge in [-0.15, -0.1) is 34.0 Å². The summed E-state index contributed by atoms with van der Waals surface area (Å²) < 4.78 is 0. The molecule has 6 aromatic rings. The van der Waals surface area contributed by atoms with Gasteiger partial charge < -0.3 is 0 Å². The third kappa shape index (κ3) is 4.51. The van der Waals surface area contributed by atoms with Gasteiger partial charge in [-0.05, 0) is 92.7 Å². The Bertz CT molecular complexity index is 1490. The van der Waals surface area contributed by atoms with Crippen molar-refractivity contribution in [3.63, 3.8) is 0 Å². The van der Waals surface area contributed by atoms with Crippen molar-refractivity contribution < 1.29 is 0 Å². The maximum atomic E-state index is 2.35. The second-order valence-corrected chi connectivity index (χ2v) is 12.0. The van der Waals surface area contributed by atoms with Crippen LogP contribution in [0.4, 0.5) is 0 Å². The van der Waals surface area contributed by atoms with Gasteiger partial charge in [-0.3, -0.25) is 0 Å². The topological polar surface area (TPSA) is 0 Å². The molecule has 0 N–H and O–H groups in total. The largest absolute Gasteiger partial charge is 0.144 e. The van der Waals surface area contributed by atoms with E-state index in [1.807, 2.05) is 0 Å². The van der Waals surface area contributed by atoms with Gasteiger partial charge in [-0.1, -0.05) is 78.9 Å². The van der Waals surface area contributed by atoms with Gasteiger partial charge in [0.1, 0.15) is 0 Å². The first-order valence-electron chi connectivity index (χ1n) is 12.1. The molecular formula is C33H26S3. The Morgan fingerprint density at radius 2 is 0.889 bits per heavy atom. The Morgan fingerprint density at radius 1 is 0.472 bits per heavy atom. The van der Waals surface area contributed by atoms with E-state index in [2.05, 4.69) is 127 Å². The lowest BCUT2D eigenvalue weighted by atomic mass is 9.80. The van der Waals surface area contributed by atoms with Crippen LogP contribution in [0.15, 0.2) is 113 Å². The first kappa shape index (κ1) is 23.2. The molecule has 0 amide bonds. The zero-order valence-corrected chi connectivity index (χ0v) is 22.7. The van der Waals surface area contributed by atoms with E-state index in [-0.39, 0.29) is 5.92 Å². The van der Waals surface area contributed by atoms with Crippen LogP contribution in [-0.4, -0.2) is 0 Å². The molecule has 6 rings (SSSR count). The Labute approximate surface area is 225 Å². The summed E-state index contributed by atoms with van der Waals surface area (Å²) in [7, 11) is 0. The average molecular weight is 519 g/mol. The fraction of sp³-hybridized carbons (Fsp3) is 0.0909. The molecule has 0 saturated heterocycles. The number of rotatable bonds is 6. The van der Waals surface area contributed by atoms with Crippen LogP contribution in [0.3, 0.4) is 0 Å². The summed E-state index contributed by atoms with van der Waals surface area (Å²) in [5.41, 5.74) is 10.6. The third-order valence-corrected chi connectivity index (χ3v) is 9.58. The van der Waals surface area contributed by atoms with Gasteiger partial charge in [0.2, 0.25) is 0 Å². The van der Waals surface area contributed by atoms with E-state index in [4.69, 9.17) is 0 Å². The lowest BCUT2D eigenvalue weighted by Gasteiger charge is -2.24. The SMILES string of the molecule is Cc1cc(-c2cccs2)ccc1C(c1ccc(-c2cccs2)cc1)c1ccc(-c2cccs2)cc1C. The molecule has 3 aromatic carbocycles. The molecule has 0 saturated carbocycles. The van der Waals surface area contributed by atoms with Gasteiger partial charge in [-0.25, -0.2) is 0 Å². The highest BCUT2D eigenvalue weighted by Crippen LogP contribution is 2.40. The normalized spacial score (nSPS) is 11.3. The van der Waals surface area contributed by atoms with Crippen LogP contribution in [0.2, 0.25) is 0 Å². The van der Waals surface area contributed by atoms with E-state index < -0.39 is 0 Å². The van der Waals surface area contributed by atoms with Gasteiger partial charge in [0.05, 0.1) is 0 Å². The molecule has 176 valence electrons. The highest BCUT2D eigenvalue weighted by atomic mass is 32.1. The Balaban J connectivity index is 1.46. The quantitative estimate of drug-likeness (QED) is 0.192. The second kappa shape index (κ2) is 10.0. The predicted octanol–water partition coefficient (Wildman–Crippen LogP) is 10.7. The Kier molecular flexibility index (Phi) is 6.45. The highest BCUT2D eigenvalue weighted by Gasteiger charge is 2.21. The van der Waals surface area contributed by atoms with Crippen LogP contribution >= 0.6 is 34.0 Å². The summed E-state index contributed by atoms with van der Waals surface area (Å²) in [6.45, 7) is 4.52. The smallest absolute Gasteiger partial charge is 0.0345 e. The van der Waals surface area contributed by atoms with Gasteiger partial charge in [0.15, 0.2) is 0 Å². The molecule has 3 heteroatoms. The van der Waals surface area contributed by atoms with Crippen molar-refractivity contribution in [2.75, 3.05) is 0 Å². The van der Waals surface area contributed by atoms with Crippen LogP contribution in [0.1, 0.15) is 33.7 Å². The number of thiophene rings is 3. The van der Waals surface area contributed by atoms with E-state index in [1.54, 1.807) is 34.0 Å². The van der Waals surface area contributed by atoms with Gasteiger partial charge >= 0.3 is 0 Å². The van der Waals surface area contributed by atoms with E-state index in [0.29, 0.717) is 0 Å². The summed E-state index contributed by atoms with van der Waals surface area (Å²) in [5.74, 6) is 0.178. The van der Waals surface area contributed by atoms with Crippen molar-refractivity contribution in [3.8, 4) is 31.3 Å². The number of hydrogen-bond donors (Lipinski definition) is 0. The van der Waals surface area contributed by atoms with Crippen molar-refractivity contribution in [1.29, 1.82) is 0 Å². The minimum Gasteiger partial charge on any atom is -0.144 e. The minimum atomic E-state index is 0.178. The molecule has 36 heavy (non-hydrogen) atoms. The molecule has 0 unspecified atom stereocenters. The molecular weight excluding hydrogens is 493 g/mol. The highest BCUT2D eigenvalue weighted by molar-refractivity contribution is 7.14. The fourth-order valence-electron chi connectivity index (χ4n) is 5.00.